The fraction of sp³-hybridized carbons (Fsp3) is 0.300. The summed E-state index contributed by atoms with van der Waals surface area (Å²) in [6.07, 6.45) is 0. The van der Waals surface area contributed by atoms with Crippen LogP contribution in [0.1, 0.15) is 11.1 Å². The Labute approximate surface area is 89.0 Å². The lowest BCUT2D eigenvalue weighted by molar-refractivity contribution is 0.402. The summed E-state index contributed by atoms with van der Waals surface area (Å²) in [7, 11) is -2.52. The number of thiocyanates is 1. The van der Waals surface area contributed by atoms with Crippen molar-refractivity contribution < 1.29 is 13.2 Å². The van der Waals surface area contributed by atoms with Crippen molar-refractivity contribution in [1.29, 1.82) is 5.26 Å². The van der Waals surface area contributed by atoms with E-state index in [1.54, 1.807) is 13.0 Å². The Balaban J connectivity index is 3.57. The third-order valence-electron chi connectivity index (χ3n) is 2.19. The molecule has 0 fully saturated rings. The van der Waals surface area contributed by atoms with Gasteiger partial charge in [0, 0.05) is 0 Å². The monoisotopic (exact) mass is 225 g/mol. The first-order chi connectivity index (χ1) is 6.92. The van der Waals surface area contributed by atoms with Crippen LogP contribution in [0, 0.1) is 24.5 Å². The van der Waals surface area contributed by atoms with Gasteiger partial charge in [0.05, 0.1) is 7.11 Å². The molecule has 0 saturated carbocycles. The number of benzene rings is 1. The molecule has 0 radical (unpaired) electrons. The molecule has 1 rings (SSSR count). The van der Waals surface area contributed by atoms with Crippen molar-refractivity contribution in [3.05, 3.63) is 23.3 Å². The summed E-state index contributed by atoms with van der Waals surface area (Å²) in [6.45, 7) is 3.63. The van der Waals surface area contributed by atoms with E-state index in [0.29, 0.717) is 0 Å². The summed E-state index contributed by atoms with van der Waals surface area (Å²) in [5, 5.41) is 9.81. The van der Waals surface area contributed by atoms with Crippen LogP contribution in [-0.4, -0.2) is 15.5 Å². The first-order valence-corrected chi connectivity index (χ1v) is 5.72. The second-order valence-corrected chi connectivity index (χ2v) is 4.81. The molecular formula is C10H11NO3S. The Hall–Kier alpha value is -1.54. The second kappa shape index (κ2) is 3.91. The Kier molecular flexibility index (Phi) is 3.01. The van der Waals surface area contributed by atoms with E-state index < -0.39 is 9.84 Å². The average molecular weight is 225 g/mol. The van der Waals surface area contributed by atoms with Crippen LogP contribution in [0.15, 0.2) is 17.0 Å². The van der Waals surface area contributed by atoms with Crippen LogP contribution in [0.4, 0.5) is 0 Å². The number of nitrogens with zero attached hydrogens (tertiary/aromatic N) is 1. The average Bonchev–Trinajstić information content (AvgIpc) is 2.21. The van der Waals surface area contributed by atoms with E-state index in [9.17, 15) is 8.42 Å². The predicted molar refractivity (Wildman–Crippen MR) is 55.3 cm³/mol. The first-order valence-electron chi connectivity index (χ1n) is 4.23. The largest absolute Gasteiger partial charge is 0.495 e. The number of nitriles is 1. The maximum Gasteiger partial charge on any atom is 0.273 e. The fourth-order valence-electron chi connectivity index (χ4n) is 1.18. The van der Waals surface area contributed by atoms with E-state index in [0.717, 1.165) is 11.1 Å². The molecule has 1 aromatic carbocycles. The van der Waals surface area contributed by atoms with Gasteiger partial charge in [-0.15, -0.1) is 0 Å². The van der Waals surface area contributed by atoms with Crippen molar-refractivity contribution in [3.63, 3.8) is 0 Å². The highest BCUT2D eigenvalue weighted by atomic mass is 32.2. The molecule has 0 bridgehead atoms. The molecule has 4 nitrogen and oxygen atoms in total. The van der Waals surface area contributed by atoms with Gasteiger partial charge >= 0.3 is 0 Å². The molecule has 15 heavy (non-hydrogen) atoms. The molecule has 0 aromatic heterocycles. The van der Waals surface area contributed by atoms with E-state index in [-0.39, 0.29) is 10.6 Å². The Bertz CT molecular complexity index is 526. The van der Waals surface area contributed by atoms with Crippen LogP contribution in [0.25, 0.3) is 0 Å². The zero-order valence-corrected chi connectivity index (χ0v) is 9.55. The smallest absolute Gasteiger partial charge is 0.273 e. The number of rotatable bonds is 2. The first kappa shape index (κ1) is 11.5. The Morgan fingerprint density at radius 3 is 2.27 bits per heavy atom. The zero-order chi connectivity index (χ0) is 11.6. The van der Waals surface area contributed by atoms with Gasteiger partial charge in [0.1, 0.15) is 10.6 Å². The lowest BCUT2D eigenvalue weighted by Gasteiger charge is -2.08. The molecule has 0 saturated heterocycles. The van der Waals surface area contributed by atoms with Gasteiger partial charge in [-0.25, -0.2) is 8.42 Å². The van der Waals surface area contributed by atoms with Crippen LogP contribution >= 0.6 is 0 Å². The van der Waals surface area contributed by atoms with E-state index in [1.165, 1.54) is 18.6 Å². The summed E-state index contributed by atoms with van der Waals surface area (Å²) < 4.78 is 27.7. The van der Waals surface area contributed by atoms with Gasteiger partial charge in [0.15, 0.2) is 5.40 Å². The van der Waals surface area contributed by atoms with Gasteiger partial charge in [0.2, 0.25) is 0 Å². The quantitative estimate of drug-likeness (QED) is 0.566. The summed E-state index contributed by atoms with van der Waals surface area (Å²) in [5.74, 6) is 0.208. The van der Waals surface area contributed by atoms with Gasteiger partial charge < -0.3 is 4.74 Å². The molecule has 80 valence electrons. The number of hydrogen-bond acceptors (Lipinski definition) is 4. The summed E-state index contributed by atoms with van der Waals surface area (Å²) in [6, 6.07) is 3.06. The van der Waals surface area contributed by atoms with Crippen LogP contribution in [0.2, 0.25) is 0 Å². The van der Waals surface area contributed by atoms with Gasteiger partial charge in [-0.05, 0) is 37.1 Å². The van der Waals surface area contributed by atoms with Gasteiger partial charge in [-0.1, -0.05) is 0 Å². The molecule has 0 unspecified atom stereocenters. The zero-order valence-electron chi connectivity index (χ0n) is 8.73. The van der Waals surface area contributed by atoms with Crippen LogP contribution in [-0.2, 0) is 9.84 Å². The topological polar surface area (TPSA) is 67.2 Å². The lowest BCUT2D eigenvalue weighted by Crippen LogP contribution is -2.01. The number of hydrogen-bond donors (Lipinski definition) is 0. The molecule has 0 atom stereocenters. The highest BCUT2D eigenvalue weighted by Gasteiger charge is 2.19. The van der Waals surface area contributed by atoms with Crippen molar-refractivity contribution >= 4 is 9.84 Å². The second-order valence-electron chi connectivity index (χ2n) is 3.18. The van der Waals surface area contributed by atoms with Crippen LogP contribution in [0.3, 0.4) is 0 Å². The molecule has 0 N–H and O–H groups in total. The maximum absolute atomic E-state index is 11.4. The molecule has 0 aliphatic heterocycles. The fourth-order valence-corrected chi connectivity index (χ4v) is 2.02. The standard InChI is InChI=1S/C10H11NO3S/c1-7-4-9(14-3)10(5-8(7)2)15(12,13)6-11/h4-5H,1-3H3. The number of sulfone groups is 1. The number of methoxy groups -OCH3 is 1. The summed E-state index contributed by atoms with van der Waals surface area (Å²) in [5.41, 5.74) is 1.73. The highest BCUT2D eigenvalue weighted by molar-refractivity contribution is 7.96. The molecule has 0 spiro atoms. The van der Waals surface area contributed by atoms with Gasteiger partial charge in [-0.3, -0.25) is 0 Å². The number of ether oxygens (including phenoxy) is 1. The molecular weight excluding hydrogens is 214 g/mol. The van der Waals surface area contributed by atoms with Gasteiger partial charge in [0.25, 0.3) is 9.84 Å². The van der Waals surface area contributed by atoms with E-state index in [4.69, 9.17) is 10.00 Å². The maximum atomic E-state index is 11.4. The van der Waals surface area contributed by atoms with Crippen molar-refractivity contribution in [2.75, 3.05) is 7.11 Å². The molecule has 0 aliphatic rings. The molecule has 0 aliphatic carbocycles. The van der Waals surface area contributed by atoms with Gasteiger partial charge in [-0.2, -0.15) is 5.26 Å². The Morgan fingerprint density at radius 2 is 1.80 bits per heavy atom. The minimum atomic E-state index is -3.90. The van der Waals surface area contributed by atoms with E-state index >= 15 is 0 Å². The predicted octanol–water partition coefficient (Wildman–Crippen LogP) is 1.57. The molecule has 0 amide bonds. The minimum absolute atomic E-state index is 0.0735. The summed E-state index contributed by atoms with van der Waals surface area (Å²) >= 11 is 0. The van der Waals surface area contributed by atoms with Crippen LogP contribution in [0.5, 0.6) is 5.75 Å². The van der Waals surface area contributed by atoms with Crippen molar-refractivity contribution in [1.82, 2.24) is 0 Å². The van der Waals surface area contributed by atoms with E-state index in [1.807, 2.05) is 6.92 Å². The molecule has 1 aromatic rings. The Morgan fingerprint density at radius 1 is 1.27 bits per heavy atom. The molecule has 0 heterocycles. The highest BCUT2D eigenvalue weighted by Crippen LogP contribution is 2.27. The normalized spacial score (nSPS) is 10.8. The molecule has 5 heteroatoms. The third-order valence-corrected chi connectivity index (χ3v) is 3.33. The summed E-state index contributed by atoms with van der Waals surface area (Å²) in [4.78, 5) is -0.0735. The number of aryl methyl sites for hydroxylation is 2. The SMILES string of the molecule is COc1cc(C)c(C)cc1S(=O)(=O)C#N. The minimum Gasteiger partial charge on any atom is -0.495 e. The van der Waals surface area contributed by atoms with E-state index in [2.05, 4.69) is 0 Å². The van der Waals surface area contributed by atoms with Crippen molar-refractivity contribution in [3.8, 4) is 11.2 Å². The lowest BCUT2D eigenvalue weighted by atomic mass is 10.1. The van der Waals surface area contributed by atoms with Crippen molar-refractivity contribution in [2.45, 2.75) is 18.7 Å². The van der Waals surface area contributed by atoms with Crippen molar-refractivity contribution in [2.24, 2.45) is 0 Å². The van der Waals surface area contributed by atoms with Crippen LogP contribution < -0.4 is 4.74 Å². The third kappa shape index (κ3) is 2.10.